The van der Waals surface area contributed by atoms with E-state index in [9.17, 15) is 19.7 Å². The molecule has 0 aromatic heterocycles. The van der Waals surface area contributed by atoms with Crippen molar-refractivity contribution in [3.8, 4) is 5.75 Å². The molecule has 140 valence electrons. The molecular weight excluding hydrogens is 374 g/mol. The van der Waals surface area contributed by atoms with Gasteiger partial charge in [0.25, 0.3) is 11.6 Å². The lowest BCUT2D eigenvalue weighted by atomic mass is 9.92. The van der Waals surface area contributed by atoms with Crippen molar-refractivity contribution in [1.29, 1.82) is 0 Å². The zero-order valence-electron chi connectivity index (χ0n) is 14.3. The van der Waals surface area contributed by atoms with Crippen molar-refractivity contribution in [2.75, 3.05) is 13.2 Å². The van der Waals surface area contributed by atoms with Crippen molar-refractivity contribution < 1.29 is 19.2 Å². The molecule has 3 rings (SSSR count). The summed E-state index contributed by atoms with van der Waals surface area (Å²) in [6.45, 7) is 1.68. The SMILES string of the molecule is C[C@@]1(c2ccc([N+](=O)[O-])cc2)NC(=O)N(CCOc2ccccc2Cl)C1=O. The van der Waals surface area contributed by atoms with E-state index in [1.807, 2.05) is 0 Å². The van der Waals surface area contributed by atoms with Gasteiger partial charge in [-0.25, -0.2) is 4.79 Å². The first-order valence-corrected chi connectivity index (χ1v) is 8.47. The quantitative estimate of drug-likeness (QED) is 0.464. The van der Waals surface area contributed by atoms with Crippen LogP contribution in [0.25, 0.3) is 0 Å². The summed E-state index contributed by atoms with van der Waals surface area (Å²) in [5.41, 5.74) is -0.929. The number of nitrogens with one attached hydrogen (secondary N) is 1. The van der Waals surface area contributed by atoms with Crippen LogP contribution in [0.3, 0.4) is 0 Å². The lowest BCUT2D eigenvalue weighted by Crippen LogP contribution is -2.41. The molecule has 2 aromatic carbocycles. The summed E-state index contributed by atoms with van der Waals surface area (Å²) in [6, 6.07) is 11.9. The van der Waals surface area contributed by atoms with Crippen molar-refractivity contribution in [2.45, 2.75) is 12.5 Å². The van der Waals surface area contributed by atoms with Gasteiger partial charge in [-0.15, -0.1) is 0 Å². The van der Waals surface area contributed by atoms with Gasteiger partial charge in [0.15, 0.2) is 0 Å². The number of nitro benzene ring substituents is 1. The van der Waals surface area contributed by atoms with Gasteiger partial charge in [0.1, 0.15) is 17.9 Å². The van der Waals surface area contributed by atoms with Crippen molar-refractivity contribution in [1.82, 2.24) is 10.2 Å². The van der Waals surface area contributed by atoms with Gasteiger partial charge in [-0.1, -0.05) is 23.7 Å². The van der Waals surface area contributed by atoms with Gasteiger partial charge in [-0.05, 0) is 36.8 Å². The van der Waals surface area contributed by atoms with Crippen LogP contribution >= 0.6 is 11.6 Å². The molecule has 27 heavy (non-hydrogen) atoms. The first-order valence-electron chi connectivity index (χ1n) is 8.09. The van der Waals surface area contributed by atoms with Gasteiger partial charge >= 0.3 is 6.03 Å². The molecule has 1 fully saturated rings. The Morgan fingerprint density at radius 3 is 2.48 bits per heavy atom. The number of hydrogen-bond acceptors (Lipinski definition) is 5. The zero-order chi connectivity index (χ0) is 19.6. The molecule has 1 aliphatic heterocycles. The Balaban J connectivity index is 1.70. The minimum Gasteiger partial charge on any atom is -0.490 e. The van der Waals surface area contributed by atoms with Crippen LogP contribution in [-0.4, -0.2) is 34.9 Å². The summed E-state index contributed by atoms with van der Waals surface area (Å²) in [6.07, 6.45) is 0. The van der Waals surface area contributed by atoms with Crippen molar-refractivity contribution >= 4 is 29.2 Å². The number of carbonyl (C=O) groups excluding carboxylic acids is 2. The second kappa shape index (κ2) is 7.24. The summed E-state index contributed by atoms with van der Waals surface area (Å²) >= 11 is 6.00. The van der Waals surface area contributed by atoms with E-state index in [1.54, 1.807) is 31.2 Å². The van der Waals surface area contributed by atoms with Crippen LogP contribution in [0.5, 0.6) is 5.75 Å². The van der Waals surface area contributed by atoms with Crippen molar-refractivity contribution in [3.63, 3.8) is 0 Å². The van der Waals surface area contributed by atoms with Crippen LogP contribution in [-0.2, 0) is 10.3 Å². The van der Waals surface area contributed by atoms with Gasteiger partial charge in [-0.3, -0.25) is 19.8 Å². The highest BCUT2D eigenvalue weighted by atomic mass is 35.5. The Morgan fingerprint density at radius 1 is 1.19 bits per heavy atom. The number of rotatable bonds is 6. The standard InChI is InChI=1S/C18H16ClN3O5/c1-18(12-6-8-13(9-7-12)22(25)26)16(23)21(17(24)20-18)10-11-27-15-5-3-2-4-14(15)19/h2-9H,10-11H2,1H3,(H,20,24)/t18-/m0/s1. The number of imide groups is 1. The monoisotopic (exact) mass is 389 g/mol. The number of nitrogens with zero attached hydrogens (tertiary/aromatic N) is 2. The molecule has 1 atom stereocenters. The van der Waals surface area contributed by atoms with E-state index in [2.05, 4.69) is 5.32 Å². The normalized spacial score (nSPS) is 19.1. The third-order valence-corrected chi connectivity index (χ3v) is 4.65. The molecule has 2 aromatic rings. The van der Waals surface area contributed by atoms with E-state index in [-0.39, 0.29) is 18.8 Å². The fourth-order valence-electron chi connectivity index (χ4n) is 2.82. The second-order valence-corrected chi connectivity index (χ2v) is 6.50. The Hall–Kier alpha value is -3.13. The average Bonchev–Trinajstić information content (AvgIpc) is 2.87. The number of amides is 3. The molecule has 1 saturated heterocycles. The molecule has 0 bridgehead atoms. The number of para-hydroxylation sites is 1. The Morgan fingerprint density at radius 2 is 1.85 bits per heavy atom. The van der Waals surface area contributed by atoms with Crippen LogP contribution < -0.4 is 10.1 Å². The highest BCUT2D eigenvalue weighted by Crippen LogP contribution is 2.30. The van der Waals surface area contributed by atoms with E-state index in [4.69, 9.17) is 16.3 Å². The first kappa shape index (κ1) is 18.7. The minimum atomic E-state index is -1.30. The van der Waals surface area contributed by atoms with Crippen LogP contribution in [0.2, 0.25) is 5.02 Å². The van der Waals surface area contributed by atoms with Gasteiger partial charge in [0, 0.05) is 12.1 Å². The van der Waals surface area contributed by atoms with Crippen molar-refractivity contribution in [2.24, 2.45) is 0 Å². The van der Waals surface area contributed by atoms with Gasteiger partial charge in [0.05, 0.1) is 16.5 Å². The number of carbonyl (C=O) groups is 2. The van der Waals surface area contributed by atoms with Crippen molar-refractivity contribution in [3.05, 3.63) is 69.2 Å². The summed E-state index contributed by atoms with van der Waals surface area (Å²) in [4.78, 5) is 36.4. The predicted molar refractivity (Wildman–Crippen MR) is 97.6 cm³/mol. The Bertz CT molecular complexity index is 902. The maximum absolute atomic E-state index is 12.8. The summed E-state index contributed by atoms with van der Waals surface area (Å²) in [5, 5.41) is 13.9. The van der Waals surface area contributed by atoms with Gasteiger partial charge < -0.3 is 10.1 Å². The van der Waals surface area contributed by atoms with Crippen LogP contribution in [0.15, 0.2) is 48.5 Å². The van der Waals surface area contributed by atoms with Gasteiger partial charge in [0.2, 0.25) is 0 Å². The molecule has 8 nitrogen and oxygen atoms in total. The highest BCUT2D eigenvalue weighted by Gasteiger charge is 2.48. The molecule has 0 aliphatic carbocycles. The predicted octanol–water partition coefficient (Wildman–Crippen LogP) is 3.09. The largest absolute Gasteiger partial charge is 0.490 e. The van der Waals surface area contributed by atoms with Crippen LogP contribution in [0.4, 0.5) is 10.5 Å². The Labute approximate surface area is 159 Å². The molecule has 1 N–H and O–H groups in total. The molecule has 0 saturated carbocycles. The molecule has 0 spiro atoms. The molecule has 0 radical (unpaired) electrons. The van der Waals surface area contributed by atoms with Gasteiger partial charge in [-0.2, -0.15) is 0 Å². The first-order chi connectivity index (χ1) is 12.8. The summed E-state index contributed by atoms with van der Waals surface area (Å²) < 4.78 is 5.53. The number of urea groups is 1. The minimum absolute atomic E-state index is 0.0401. The smallest absolute Gasteiger partial charge is 0.325 e. The van der Waals surface area contributed by atoms with E-state index in [1.165, 1.54) is 24.3 Å². The number of benzene rings is 2. The number of ether oxygens (including phenoxy) is 1. The zero-order valence-corrected chi connectivity index (χ0v) is 15.1. The summed E-state index contributed by atoms with van der Waals surface area (Å²) in [7, 11) is 0. The fourth-order valence-corrected chi connectivity index (χ4v) is 3.01. The van der Waals surface area contributed by atoms with E-state index >= 15 is 0 Å². The van der Waals surface area contributed by atoms with E-state index in [0.717, 1.165) is 4.90 Å². The molecule has 3 amide bonds. The third kappa shape index (κ3) is 3.56. The number of hydrogen-bond donors (Lipinski definition) is 1. The fraction of sp³-hybridized carbons (Fsp3) is 0.222. The average molecular weight is 390 g/mol. The lowest BCUT2D eigenvalue weighted by Gasteiger charge is -2.22. The molecule has 1 aliphatic rings. The number of nitro groups is 1. The molecular formula is C18H16ClN3O5. The van der Waals surface area contributed by atoms with Crippen LogP contribution in [0, 0.1) is 10.1 Å². The number of non-ortho nitro benzene ring substituents is 1. The highest BCUT2D eigenvalue weighted by molar-refractivity contribution is 6.32. The summed E-state index contributed by atoms with van der Waals surface area (Å²) in [5.74, 6) is 0.00784. The second-order valence-electron chi connectivity index (χ2n) is 6.09. The molecule has 0 unspecified atom stereocenters. The Kier molecular flexibility index (Phi) is 5.00. The molecule has 1 heterocycles. The van der Waals surface area contributed by atoms with E-state index in [0.29, 0.717) is 16.3 Å². The maximum atomic E-state index is 12.8. The van der Waals surface area contributed by atoms with Crippen LogP contribution in [0.1, 0.15) is 12.5 Å². The lowest BCUT2D eigenvalue weighted by molar-refractivity contribution is -0.384. The topological polar surface area (TPSA) is 102 Å². The maximum Gasteiger partial charge on any atom is 0.325 e. The third-order valence-electron chi connectivity index (χ3n) is 4.34. The molecule has 9 heteroatoms. The number of halogens is 1. The van der Waals surface area contributed by atoms with E-state index < -0.39 is 22.4 Å².